The predicted octanol–water partition coefficient (Wildman–Crippen LogP) is 3.08. The van der Waals surface area contributed by atoms with Gasteiger partial charge < -0.3 is 0 Å². The third-order valence-corrected chi connectivity index (χ3v) is 4.92. The number of hydrogen-bond donors (Lipinski definition) is 0. The van der Waals surface area contributed by atoms with Crippen molar-refractivity contribution in [2.75, 3.05) is 0 Å². The fraction of sp³-hybridized carbons (Fsp3) is 0.462. The molecule has 0 saturated carbocycles. The van der Waals surface area contributed by atoms with Gasteiger partial charge in [-0.05, 0) is 25.5 Å². The maximum Gasteiger partial charge on any atom is 0.181 e. The zero-order valence-electron chi connectivity index (χ0n) is 10.6. The molecule has 0 amide bonds. The molecule has 0 aliphatic heterocycles. The van der Waals surface area contributed by atoms with E-state index in [4.69, 9.17) is 0 Å². The number of carbonyl (C=O) groups excluding carboxylic acids is 1. The number of benzene rings is 1. The molecule has 3 atom stereocenters. The van der Waals surface area contributed by atoms with E-state index in [2.05, 4.69) is 0 Å². The van der Waals surface area contributed by atoms with Crippen molar-refractivity contribution >= 4 is 16.6 Å². The highest BCUT2D eigenvalue weighted by molar-refractivity contribution is 7.87. The second-order valence-electron chi connectivity index (χ2n) is 4.18. The van der Waals surface area contributed by atoms with E-state index in [-0.39, 0.29) is 10.8 Å². The highest BCUT2D eigenvalue weighted by Gasteiger charge is 2.26. The minimum atomic E-state index is -1.36. The Morgan fingerprint density at radius 3 is 2.44 bits per heavy atom. The molecule has 0 saturated heterocycles. The molecule has 1 aromatic carbocycles. The van der Waals surface area contributed by atoms with Gasteiger partial charge in [0.2, 0.25) is 0 Å². The van der Waals surface area contributed by atoms with E-state index in [9.17, 15) is 17.8 Å². The fourth-order valence-corrected chi connectivity index (χ4v) is 2.89. The molecule has 18 heavy (non-hydrogen) atoms. The lowest BCUT2D eigenvalue weighted by Gasteiger charge is -2.15. The molecule has 3 unspecified atom stereocenters. The summed E-state index contributed by atoms with van der Waals surface area (Å²) in [7, 11) is -1.36. The Hall–Kier alpha value is -1.10. The van der Waals surface area contributed by atoms with Gasteiger partial charge in [-0.2, -0.15) is 0 Å². The molecule has 0 fully saturated rings. The smallest absolute Gasteiger partial charge is 0.181 e. The summed E-state index contributed by atoms with van der Waals surface area (Å²) in [5, 5.41) is -0.924. The van der Waals surface area contributed by atoms with Gasteiger partial charge in [0.25, 0.3) is 0 Å². The molecular weight excluding hydrogens is 258 g/mol. The molecule has 1 rings (SSSR count). The van der Waals surface area contributed by atoms with Crippen LogP contribution in [0, 0.1) is 11.6 Å². The van der Waals surface area contributed by atoms with Crippen molar-refractivity contribution in [1.29, 1.82) is 0 Å². The quantitative estimate of drug-likeness (QED) is 0.773. The van der Waals surface area contributed by atoms with Crippen molar-refractivity contribution in [2.24, 2.45) is 0 Å². The molecule has 0 heterocycles. The van der Waals surface area contributed by atoms with Gasteiger partial charge in [-0.15, -0.1) is 0 Å². The fourth-order valence-electron chi connectivity index (χ4n) is 1.53. The molecular formula is C13H16F2O2S. The largest absolute Gasteiger partial charge is 0.293 e. The lowest BCUT2D eigenvalue weighted by atomic mass is 10.1. The number of rotatable bonds is 5. The SMILES string of the molecule is CCC(C)S(=O)C(C)C(=O)c1ccc(F)cc1F. The maximum absolute atomic E-state index is 13.4. The van der Waals surface area contributed by atoms with Crippen molar-refractivity contribution in [3.8, 4) is 0 Å². The topological polar surface area (TPSA) is 34.1 Å². The molecule has 0 spiro atoms. The molecule has 1 aromatic rings. The van der Waals surface area contributed by atoms with Crippen LogP contribution < -0.4 is 0 Å². The van der Waals surface area contributed by atoms with Gasteiger partial charge in [-0.1, -0.05) is 13.8 Å². The lowest BCUT2D eigenvalue weighted by Crippen LogP contribution is -2.29. The van der Waals surface area contributed by atoms with Crippen molar-refractivity contribution in [3.63, 3.8) is 0 Å². The maximum atomic E-state index is 13.4. The summed E-state index contributed by atoms with van der Waals surface area (Å²) in [5.41, 5.74) is -0.208. The Labute approximate surface area is 108 Å². The molecule has 0 aromatic heterocycles. The third-order valence-electron chi connectivity index (χ3n) is 2.89. The zero-order valence-corrected chi connectivity index (χ0v) is 11.4. The van der Waals surface area contributed by atoms with Crippen LogP contribution in [0.2, 0.25) is 0 Å². The first-order valence-electron chi connectivity index (χ1n) is 5.77. The Morgan fingerprint density at radius 2 is 1.94 bits per heavy atom. The second kappa shape index (κ2) is 6.18. The first-order valence-corrected chi connectivity index (χ1v) is 7.04. The summed E-state index contributed by atoms with van der Waals surface area (Å²) in [4.78, 5) is 12.0. The zero-order chi connectivity index (χ0) is 13.9. The number of hydrogen-bond acceptors (Lipinski definition) is 2. The van der Waals surface area contributed by atoms with Crippen LogP contribution in [0.1, 0.15) is 37.6 Å². The average molecular weight is 274 g/mol. The van der Waals surface area contributed by atoms with Gasteiger partial charge in [-0.25, -0.2) is 8.78 Å². The monoisotopic (exact) mass is 274 g/mol. The predicted molar refractivity (Wildman–Crippen MR) is 68.0 cm³/mol. The summed E-state index contributed by atoms with van der Waals surface area (Å²) < 4.78 is 38.2. The van der Waals surface area contributed by atoms with Crippen molar-refractivity contribution < 1.29 is 17.8 Å². The van der Waals surface area contributed by atoms with Gasteiger partial charge in [0.15, 0.2) is 5.78 Å². The Morgan fingerprint density at radius 1 is 1.33 bits per heavy atom. The molecule has 0 aliphatic rings. The van der Waals surface area contributed by atoms with Crippen LogP contribution in [-0.4, -0.2) is 20.5 Å². The van der Waals surface area contributed by atoms with Gasteiger partial charge >= 0.3 is 0 Å². The number of Topliss-reactive ketones (excluding diaryl/α,β-unsaturated/α-hetero) is 1. The number of halogens is 2. The van der Waals surface area contributed by atoms with E-state index in [1.54, 1.807) is 6.92 Å². The van der Waals surface area contributed by atoms with Crippen LogP contribution in [0.4, 0.5) is 8.78 Å². The molecule has 5 heteroatoms. The normalized spacial score (nSPS) is 16.1. The average Bonchev–Trinajstić information content (AvgIpc) is 2.35. The molecule has 0 N–H and O–H groups in total. The Kier molecular flexibility index (Phi) is 5.14. The number of carbonyl (C=O) groups is 1. The summed E-state index contributed by atoms with van der Waals surface area (Å²) >= 11 is 0. The van der Waals surface area contributed by atoms with E-state index in [0.29, 0.717) is 12.5 Å². The molecule has 0 aliphatic carbocycles. The first kappa shape index (κ1) is 15.0. The van der Waals surface area contributed by atoms with E-state index in [1.807, 2.05) is 6.92 Å². The van der Waals surface area contributed by atoms with Crippen LogP contribution in [0.15, 0.2) is 18.2 Å². The van der Waals surface area contributed by atoms with Gasteiger partial charge in [0.1, 0.15) is 11.6 Å². The van der Waals surface area contributed by atoms with Crippen LogP contribution in [0.5, 0.6) is 0 Å². The Bertz CT molecular complexity index is 474. The standard InChI is InChI=1S/C13H16F2O2S/c1-4-8(2)18(17)9(3)13(16)11-6-5-10(14)7-12(11)15/h5-9H,4H2,1-3H3. The minimum Gasteiger partial charge on any atom is -0.293 e. The van der Waals surface area contributed by atoms with E-state index in [0.717, 1.165) is 12.1 Å². The summed E-state index contributed by atoms with van der Waals surface area (Å²) in [6.45, 7) is 5.16. The number of ketones is 1. The third kappa shape index (κ3) is 3.22. The van der Waals surface area contributed by atoms with Crippen LogP contribution in [0.25, 0.3) is 0 Å². The van der Waals surface area contributed by atoms with Gasteiger partial charge in [0.05, 0.1) is 10.8 Å². The molecule has 0 radical (unpaired) electrons. The molecule has 0 bridgehead atoms. The molecule has 2 nitrogen and oxygen atoms in total. The van der Waals surface area contributed by atoms with Crippen LogP contribution in [0.3, 0.4) is 0 Å². The van der Waals surface area contributed by atoms with E-state index < -0.39 is 33.5 Å². The van der Waals surface area contributed by atoms with Crippen molar-refractivity contribution in [1.82, 2.24) is 0 Å². The van der Waals surface area contributed by atoms with Gasteiger partial charge in [-0.3, -0.25) is 9.00 Å². The summed E-state index contributed by atoms with van der Waals surface area (Å²) in [6.07, 6.45) is 0.677. The first-order chi connectivity index (χ1) is 8.38. The van der Waals surface area contributed by atoms with Crippen LogP contribution >= 0.6 is 0 Å². The van der Waals surface area contributed by atoms with E-state index in [1.165, 1.54) is 6.92 Å². The van der Waals surface area contributed by atoms with Gasteiger partial charge in [0, 0.05) is 22.1 Å². The van der Waals surface area contributed by atoms with Crippen molar-refractivity contribution in [3.05, 3.63) is 35.4 Å². The second-order valence-corrected chi connectivity index (χ2v) is 6.35. The highest BCUT2D eigenvalue weighted by Crippen LogP contribution is 2.16. The highest BCUT2D eigenvalue weighted by atomic mass is 32.2. The minimum absolute atomic E-state index is 0.132. The lowest BCUT2D eigenvalue weighted by molar-refractivity contribution is 0.0988. The van der Waals surface area contributed by atoms with Crippen LogP contribution in [-0.2, 0) is 10.8 Å². The van der Waals surface area contributed by atoms with E-state index >= 15 is 0 Å². The summed E-state index contributed by atoms with van der Waals surface area (Å²) in [5.74, 6) is -2.20. The Balaban J connectivity index is 2.97. The van der Waals surface area contributed by atoms with Crippen molar-refractivity contribution in [2.45, 2.75) is 37.7 Å². The summed E-state index contributed by atoms with van der Waals surface area (Å²) in [6, 6.07) is 2.78. The molecule has 100 valence electrons.